The number of halogens is 1. The molecule has 0 aliphatic heterocycles. The molecule has 1 aliphatic carbocycles. The minimum atomic E-state index is -0.286. The van der Waals surface area contributed by atoms with Gasteiger partial charge in [-0.1, -0.05) is 43.5 Å². The summed E-state index contributed by atoms with van der Waals surface area (Å²) in [7, 11) is 1.64. The maximum Gasteiger partial charge on any atom is 0.264 e. The quantitative estimate of drug-likeness (QED) is 0.264. The normalized spacial score (nSPS) is 13.9. The van der Waals surface area contributed by atoms with Crippen molar-refractivity contribution in [3.63, 3.8) is 0 Å². The van der Waals surface area contributed by atoms with E-state index in [1.807, 2.05) is 42.2 Å². The van der Waals surface area contributed by atoms with Crippen LogP contribution in [0.15, 0.2) is 60.7 Å². The van der Waals surface area contributed by atoms with Gasteiger partial charge < -0.3 is 9.64 Å². The molecule has 4 nitrogen and oxygen atoms in total. The van der Waals surface area contributed by atoms with E-state index in [-0.39, 0.29) is 17.8 Å². The number of nitrogens with zero attached hydrogens (tertiary/aromatic N) is 2. The first kappa shape index (κ1) is 25.0. The van der Waals surface area contributed by atoms with Gasteiger partial charge in [0.2, 0.25) is 0 Å². The summed E-state index contributed by atoms with van der Waals surface area (Å²) >= 11 is 1.37. The van der Waals surface area contributed by atoms with Gasteiger partial charge in [-0.25, -0.2) is 4.39 Å². The van der Waals surface area contributed by atoms with Crippen molar-refractivity contribution >= 4 is 27.3 Å². The number of amides is 1. The van der Waals surface area contributed by atoms with E-state index >= 15 is 0 Å². The van der Waals surface area contributed by atoms with Crippen molar-refractivity contribution in [3.8, 4) is 22.9 Å². The standard InChI is InChI=1S/C31H29FN2O2S/c1-20-29-26(32)9-6-10-28(29)37-30(20)31(35)34(25-7-4-3-5-8-25)19-24-17-23(15-16-27(24)36-2)22-13-11-21(18-33)12-14-22/h6,9-17,25H,3-5,7-8,19H2,1-2H3. The Balaban J connectivity index is 1.54. The Morgan fingerprint density at radius 1 is 1.08 bits per heavy atom. The topological polar surface area (TPSA) is 53.3 Å². The lowest BCUT2D eigenvalue weighted by atomic mass is 9.93. The van der Waals surface area contributed by atoms with Crippen molar-refractivity contribution in [2.24, 2.45) is 0 Å². The largest absolute Gasteiger partial charge is 0.496 e. The monoisotopic (exact) mass is 512 g/mol. The van der Waals surface area contributed by atoms with Gasteiger partial charge in [0.25, 0.3) is 5.91 Å². The summed E-state index contributed by atoms with van der Waals surface area (Å²) in [6.07, 6.45) is 5.29. The molecule has 188 valence electrons. The van der Waals surface area contributed by atoms with Crippen molar-refractivity contribution in [3.05, 3.63) is 88.0 Å². The number of rotatable bonds is 6. The second-order valence-corrected chi connectivity index (χ2v) is 10.7. The SMILES string of the molecule is COc1ccc(-c2ccc(C#N)cc2)cc1CN(C(=O)c1sc2cccc(F)c2c1C)C1CCCCC1. The van der Waals surface area contributed by atoms with Crippen molar-refractivity contribution in [2.75, 3.05) is 7.11 Å². The summed E-state index contributed by atoms with van der Waals surface area (Å²) < 4.78 is 21.1. The third-order valence-corrected chi connectivity index (χ3v) is 8.59. The first-order valence-electron chi connectivity index (χ1n) is 12.7. The molecular formula is C31H29FN2O2S. The van der Waals surface area contributed by atoms with Crippen molar-refractivity contribution in [2.45, 2.75) is 51.6 Å². The van der Waals surface area contributed by atoms with E-state index in [1.54, 1.807) is 25.3 Å². The number of benzene rings is 3. The van der Waals surface area contributed by atoms with Gasteiger partial charge in [0.1, 0.15) is 11.6 Å². The molecule has 1 aromatic heterocycles. The fourth-order valence-electron chi connectivity index (χ4n) is 5.35. The highest BCUT2D eigenvalue weighted by Gasteiger charge is 2.30. The number of hydrogen-bond donors (Lipinski definition) is 0. The zero-order valence-corrected chi connectivity index (χ0v) is 21.9. The van der Waals surface area contributed by atoms with Crippen LogP contribution in [0.5, 0.6) is 5.75 Å². The minimum absolute atomic E-state index is 0.0455. The van der Waals surface area contributed by atoms with Crippen LogP contribution in [0.3, 0.4) is 0 Å². The number of hydrogen-bond acceptors (Lipinski definition) is 4. The fraction of sp³-hybridized carbons (Fsp3) is 0.290. The number of carbonyl (C=O) groups is 1. The average molecular weight is 513 g/mol. The average Bonchev–Trinajstić information content (AvgIpc) is 3.29. The highest BCUT2D eigenvalue weighted by Crippen LogP contribution is 2.36. The van der Waals surface area contributed by atoms with Crippen LogP contribution in [0.2, 0.25) is 0 Å². The lowest BCUT2D eigenvalue weighted by Crippen LogP contribution is -2.41. The van der Waals surface area contributed by atoms with E-state index in [0.717, 1.165) is 52.8 Å². The molecule has 37 heavy (non-hydrogen) atoms. The van der Waals surface area contributed by atoms with Crippen LogP contribution >= 0.6 is 11.3 Å². The highest BCUT2D eigenvalue weighted by atomic mass is 32.1. The molecular weight excluding hydrogens is 483 g/mol. The molecule has 5 rings (SSSR count). The second kappa shape index (κ2) is 10.7. The Morgan fingerprint density at radius 3 is 2.49 bits per heavy atom. The predicted octanol–water partition coefficient (Wildman–Crippen LogP) is 7.87. The van der Waals surface area contributed by atoms with Crippen LogP contribution in [-0.2, 0) is 6.54 Å². The second-order valence-electron chi connectivity index (χ2n) is 9.61. The van der Waals surface area contributed by atoms with E-state index in [0.29, 0.717) is 27.9 Å². The number of thiophene rings is 1. The van der Waals surface area contributed by atoms with Crippen LogP contribution in [0, 0.1) is 24.1 Å². The van der Waals surface area contributed by atoms with Crippen LogP contribution in [0.25, 0.3) is 21.2 Å². The Hall–Kier alpha value is -3.69. The molecule has 0 spiro atoms. The summed E-state index contributed by atoms with van der Waals surface area (Å²) in [5.74, 6) is 0.396. The van der Waals surface area contributed by atoms with Crippen LogP contribution in [-0.4, -0.2) is 24.0 Å². The zero-order valence-electron chi connectivity index (χ0n) is 21.1. The molecule has 4 aromatic rings. The third-order valence-electron chi connectivity index (χ3n) is 7.34. The van der Waals surface area contributed by atoms with Gasteiger partial charge in [0.05, 0.1) is 23.6 Å². The van der Waals surface area contributed by atoms with Crippen LogP contribution in [0.1, 0.15) is 58.5 Å². The van der Waals surface area contributed by atoms with Crippen LogP contribution < -0.4 is 4.74 Å². The molecule has 1 saturated carbocycles. The summed E-state index contributed by atoms with van der Waals surface area (Å²) in [6, 6.07) is 20.8. The van der Waals surface area contributed by atoms with E-state index in [4.69, 9.17) is 10.00 Å². The van der Waals surface area contributed by atoms with Gasteiger partial charge in [-0.15, -0.1) is 11.3 Å². The molecule has 0 atom stereocenters. The van der Waals surface area contributed by atoms with Crippen molar-refractivity contribution in [1.29, 1.82) is 5.26 Å². The Kier molecular flexibility index (Phi) is 7.25. The number of aryl methyl sites for hydroxylation is 1. The number of carbonyl (C=O) groups excluding carboxylic acids is 1. The summed E-state index contributed by atoms with van der Waals surface area (Å²) in [5, 5.41) is 9.68. The summed E-state index contributed by atoms with van der Waals surface area (Å²) in [6.45, 7) is 2.26. The molecule has 0 bridgehead atoms. The van der Waals surface area contributed by atoms with E-state index < -0.39 is 0 Å². The van der Waals surface area contributed by atoms with Gasteiger partial charge in [-0.3, -0.25) is 4.79 Å². The maximum atomic E-state index is 14.6. The fourth-order valence-corrected chi connectivity index (χ4v) is 6.53. The Morgan fingerprint density at radius 2 is 1.81 bits per heavy atom. The molecule has 1 fully saturated rings. The number of ether oxygens (including phenoxy) is 1. The number of fused-ring (bicyclic) bond motifs is 1. The first-order chi connectivity index (χ1) is 18.0. The van der Waals surface area contributed by atoms with Gasteiger partial charge in [0, 0.05) is 28.2 Å². The molecule has 1 heterocycles. The van der Waals surface area contributed by atoms with E-state index in [1.165, 1.54) is 23.8 Å². The van der Waals surface area contributed by atoms with Crippen molar-refractivity contribution in [1.82, 2.24) is 4.90 Å². The van der Waals surface area contributed by atoms with Gasteiger partial charge in [-0.2, -0.15) is 5.26 Å². The third kappa shape index (κ3) is 4.97. The van der Waals surface area contributed by atoms with E-state index in [2.05, 4.69) is 12.1 Å². The Bertz CT molecular complexity index is 1480. The number of nitriles is 1. The zero-order chi connectivity index (χ0) is 25.9. The number of methoxy groups -OCH3 is 1. The van der Waals surface area contributed by atoms with Gasteiger partial charge in [0.15, 0.2) is 0 Å². The molecule has 0 saturated heterocycles. The molecule has 1 amide bonds. The molecule has 1 aliphatic rings. The van der Waals surface area contributed by atoms with Crippen LogP contribution in [0.4, 0.5) is 4.39 Å². The van der Waals surface area contributed by atoms with Gasteiger partial charge in [-0.05, 0) is 72.9 Å². The molecule has 0 unspecified atom stereocenters. The van der Waals surface area contributed by atoms with Gasteiger partial charge >= 0.3 is 0 Å². The lowest BCUT2D eigenvalue weighted by molar-refractivity contribution is 0.0617. The molecule has 0 radical (unpaired) electrons. The molecule has 6 heteroatoms. The predicted molar refractivity (Wildman–Crippen MR) is 146 cm³/mol. The highest BCUT2D eigenvalue weighted by molar-refractivity contribution is 7.21. The summed E-state index contributed by atoms with van der Waals surface area (Å²) in [5.41, 5.74) is 4.24. The molecule has 0 N–H and O–H groups in total. The van der Waals surface area contributed by atoms with Crippen molar-refractivity contribution < 1.29 is 13.9 Å². The Labute approximate surface area is 220 Å². The maximum absolute atomic E-state index is 14.6. The summed E-state index contributed by atoms with van der Waals surface area (Å²) in [4.78, 5) is 16.7. The first-order valence-corrected chi connectivity index (χ1v) is 13.5. The van der Waals surface area contributed by atoms with E-state index in [9.17, 15) is 9.18 Å². The minimum Gasteiger partial charge on any atom is -0.496 e. The smallest absolute Gasteiger partial charge is 0.264 e. The lowest BCUT2D eigenvalue weighted by Gasteiger charge is -2.35. The molecule has 3 aromatic carbocycles.